The van der Waals surface area contributed by atoms with Crippen LogP contribution in [0.5, 0.6) is 0 Å². The monoisotopic (exact) mass is 726 g/mol. The normalized spacial score (nSPS) is 21.6. The Bertz CT molecular complexity index is 2590. The van der Waals surface area contributed by atoms with Crippen LogP contribution in [-0.4, -0.2) is 0 Å². The Labute approximate surface area is 334 Å². The van der Waals surface area contributed by atoms with E-state index in [-0.39, 0.29) is 0 Å². The Balaban J connectivity index is 1.27. The lowest BCUT2D eigenvalue weighted by Crippen LogP contribution is -2.24. The molecule has 4 aliphatic rings. The summed E-state index contributed by atoms with van der Waals surface area (Å²) in [5, 5.41) is 7.84. The van der Waals surface area contributed by atoms with Crippen LogP contribution in [0.4, 0.5) is 0 Å². The van der Waals surface area contributed by atoms with E-state index in [2.05, 4.69) is 179 Å². The molecule has 9 rings (SSSR count). The average molecular weight is 727 g/mol. The number of allylic oxidation sites excluding steroid dienone is 18. The van der Waals surface area contributed by atoms with Gasteiger partial charge in [-0.15, -0.1) is 0 Å². The molecule has 0 nitrogen and oxygen atoms in total. The number of rotatable bonds is 8. The molecule has 0 aromatic heterocycles. The van der Waals surface area contributed by atoms with Gasteiger partial charge in [0.05, 0.1) is 0 Å². The fraction of sp³-hybridized carbons (Fsp3) is 0.250. The second-order valence-electron chi connectivity index (χ2n) is 16.6. The Morgan fingerprint density at radius 1 is 0.732 bits per heavy atom. The van der Waals surface area contributed by atoms with Gasteiger partial charge in [-0.3, -0.25) is 0 Å². The largest absolute Gasteiger partial charge is 0.0842 e. The minimum absolute atomic E-state index is 0.414. The van der Waals surface area contributed by atoms with Gasteiger partial charge in [0, 0.05) is 0 Å². The van der Waals surface area contributed by atoms with Crippen LogP contribution in [0.3, 0.4) is 0 Å². The minimum Gasteiger partial charge on any atom is -0.0842 e. The lowest BCUT2D eigenvalue weighted by atomic mass is 9.67. The summed E-state index contributed by atoms with van der Waals surface area (Å²) in [5.74, 6) is 1.42. The molecule has 0 amide bonds. The highest BCUT2D eigenvalue weighted by molar-refractivity contribution is 6.20. The predicted octanol–water partition coefficient (Wildman–Crippen LogP) is 16.0. The molecular weight excluding hydrogens is 673 g/mol. The molecular formula is C56H54. The van der Waals surface area contributed by atoms with Crippen molar-refractivity contribution in [3.05, 3.63) is 196 Å². The topological polar surface area (TPSA) is 0 Å². The van der Waals surface area contributed by atoms with Gasteiger partial charge in [0.25, 0.3) is 0 Å². The van der Waals surface area contributed by atoms with Gasteiger partial charge in [-0.05, 0) is 164 Å². The van der Waals surface area contributed by atoms with Crippen molar-refractivity contribution < 1.29 is 0 Å². The minimum atomic E-state index is 0.414. The van der Waals surface area contributed by atoms with Crippen LogP contribution in [0.2, 0.25) is 0 Å². The summed E-state index contributed by atoms with van der Waals surface area (Å²) < 4.78 is 0. The van der Waals surface area contributed by atoms with E-state index < -0.39 is 0 Å². The predicted molar refractivity (Wildman–Crippen MR) is 244 cm³/mol. The van der Waals surface area contributed by atoms with E-state index in [9.17, 15) is 0 Å². The van der Waals surface area contributed by atoms with Gasteiger partial charge in [0.2, 0.25) is 0 Å². The zero-order valence-corrected chi connectivity index (χ0v) is 33.6. The van der Waals surface area contributed by atoms with E-state index in [1.807, 2.05) is 0 Å². The van der Waals surface area contributed by atoms with Crippen LogP contribution >= 0.6 is 0 Å². The number of benzene rings is 5. The maximum Gasteiger partial charge on any atom is -0.00262 e. The first-order valence-electron chi connectivity index (χ1n) is 21.2. The van der Waals surface area contributed by atoms with Gasteiger partial charge in [-0.25, -0.2) is 0 Å². The Kier molecular flexibility index (Phi) is 10.1. The Hall–Kier alpha value is -5.46. The maximum atomic E-state index is 2.61. The van der Waals surface area contributed by atoms with Gasteiger partial charge >= 0.3 is 0 Å². The van der Waals surface area contributed by atoms with Crippen LogP contribution in [0, 0.1) is 17.8 Å². The standard InChI is InChI=1S/C56H54/c1-5-16-39(6-2)47-35-52(42-21-13-17-37(3)31-42)56(53(36-47)43-22-14-18-38(4)32-43)45-24-15-23-44(34-45)54-48-25-9-11-27-50(48)55(51-28-12-10-26-49(51)54)46-30-29-40-19-7-8-20-41(40)33-46/h6-14,17,19-20,22-23,25-34,36,38,42,52H,5,15-16,18,21,24,35H2,1-4H3. The van der Waals surface area contributed by atoms with Crippen LogP contribution in [0.25, 0.3) is 49.0 Å². The van der Waals surface area contributed by atoms with Crippen LogP contribution < -0.4 is 0 Å². The second kappa shape index (κ2) is 15.6. The summed E-state index contributed by atoms with van der Waals surface area (Å²) in [6, 6.07) is 34.0. The fourth-order valence-corrected chi connectivity index (χ4v) is 10.2. The zero-order chi connectivity index (χ0) is 38.2. The summed E-state index contributed by atoms with van der Waals surface area (Å²) in [6.45, 7) is 9.23. The van der Waals surface area contributed by atoms with Gasteiger partial charge in [-0.2, -0.15) is 0 Å². The van der Waals surface area contributed by atoms with Gasteiger partial charge in [0.1, 0.15) is 0 Å². The number of hydrogen-bond donors (Lipinski definition) is 0. The van der Waals surface area contributed by atoms with Gasteiger partial charge in [-0.1, -0.05) is 172 Å². The van der Waals surface area contributed by atoms with Crippen molar-refractivity contribution in [2.45, 2.75) is 72.6 Å². The van der Waals surface area contributed by atoms with Crippen molar-refractivity contribution >= 4 is 37.9 Å². The maximum absolute atomic E-state index is 2.61. The van der Waals surface area contributed by atoms with E-state index >= 15 is 0 Å². The first-order valence-corrected chi connectivity index (χ1v) is 21.2. The third-order valence-electron chi connectivity index (χ3n) is 12.8. The molecule has 0 saturated heterocycles. The molecule has 0 saturated carbocycles. The quantitative estimate of drug-likeness (QED) is 0.140. The van der Waals surface area contributed by atoms with Crippen LogP contribution in [-0.2, 0) is 0 Å². The first-order chi connectivity index (χ1) is 27.5. The lowest BCUT2D eigenvalue weighted by Gasteiger charge is -2.37. The Morgan fingerprint density at radius 3 is 2.12 bits per heavy atom. The molecule has 3 atom stereocenters. The molecule has 3 unspecified atom stereocenters. The highest BCUT2D eigenvalue weighted by Crippen LogP contribution is 2.50. The molecule has 0 aliphatic heterocycles. The highest BCUT2D eigenvalue weighted by Gasteiger charge is 2.34. The number of hydrogen-bond acceptors (Lipinski definition) is 0. The van der Waals surface area contributed by atoms with Crippen LogP contribution in [0.1, 0.15) is 78.2 Å². The summed E-state index contributed by atoms with van der Waals surface area (Å²) in [6.07, 6.45) is 32.6. The molecule has 0 bridgehead atoms. The van der Waals surface area contributed by atoms with Crippen LogP contribution in [0.15, 0.2) is 191 Å². The molecule has 56 heavy (non-hydrogen) atoms. The molecule has 278 valence electrons. The second-order valence-corrected chi connectivity index (χ2v) is 16.6. The lowest BCUT2D eigenvalue weighted by molar-refractivity contribution is 0.442. The van der Waals surface area contributed by atoms with Crippen molar-refractivity contribution in [3.63, 3.8) is 0 Å². The summed E-state index contributed by atoms with van der Waals surface area (Å²) in [4.78, 5) is 0. The third kappa shape index (κ3) is 6.74. The SMILES string of the molecule is CC=C(CCC)C1=CC(C2=CC(C)CC=C2)=C(C2=CC(c3c4ccccc4c(-c4ccc5ccccc5c4)c4ccccc34)=CCC2)C(C2C=C(C)C=CC2)C1. The molecule has 5 aromatic rings. The first kappa shape index (κ1) is 36.2. The van der Waals surface area contributed by atoms with Crippen molar-refractivity contribution in [1.82, 2.24) is 0 Å². The summed E-state index contributed by atoms with van der Waals surface area (Å²) in [7, 11) is 0. The van der Waals surface area contributed by atoms with Gasteiger partial charge in [0.15, 0.2) is 0 Å². The van der Waals surface area contributed by atoms with Crippen molar-refractivity contribution in [2.24, 2.45) is 17.8 Å². The fourth-order valence-electron chi connectivity index (χ4n) is 10.2. The molecule has 0 fully saturated rings. The zero-order valence-electron chi connectivity index (χ0n) is 33.6. The Morgan fingerprint density at radius 2 is 1.43 bits per heavy atom. The van der Waals surface area contributed by atoms with Gasteiger partial charge < -0.3 is 0 Å². The average Bonchev–Trinajstić information content (AvgIpc) is 3.24. The van der Waals surface area contributed by atoms with Crippen molar-refractivity contribution in [3.8, 4) is 11.1 Å². The summed E-state index contributed by atoms with van der Waals surface area (Å²) in [5.41, 5.74) is 15.8. The molecule has 0 N–H and O–H groups in total. The smallest absolute Gasteiger partial charge is 0.00262 e. The molecule has 0 radical (unpaired) electrons. The molecule has 4 aliphatic carbocycles. The highest BCUT2D eigenvalue weighted by atomic mass is 14.4. The number of fused-ring (bicyclic) bond motifs is 3. The van der Waals surface area contributed by atoms with E-state index in [1.54, 1.807) is 11.1 Å². The molecule has 0 heteroatoms. The van der Waals surface area contributed by atoms with E-state index in [1.165, 1.54) is 88.9 Å². The van der Waals surface area contributed by atoms with E-state index in [0.717, 1.165) is 38.5 Å². The van der Waals surface area contributed by atoms with Crippen molar-refractivity contribution in [1.29, 1.82) is 0 Å². The molecule has 0 spiro atoms. The molecule has 0 heterocycles. The van der Waals surface area contributed by atoms with E-state index in [0.29, 0.717) is 17.8 Å². The summed E-state index contributed by atoms with van der Waals surface area (Å²) >= 11 is 0. The third-order valence-corrected chi connectivity index (χ3v) is 12.8. The van der Waals surface area contributed by atoms with Crippen molar-refractivity contribution in [2.75, 3.05) is 0 Å². The molecule has 5 aromatic carbocycles. The van der Waals surface area contributed by atoms with E-state index in [4.69, 9.17) is 0 Å².